The Labute approximate surface area is 109 Å². The number of hydrogen-bond donors (Lipinski definition) is 1. The van der Waals surface area contributed by atoms with E-state index in [1.54, 1.807) is 14.0 Å². The van der Waals surface area contributed by atoms with E-state index >= 15 is 0 Å². The average Bonchev–Trinajstić information content (AvgIpc) is 2.76. The molecule has 18 heavy (non-hydrogen) atoms. The van der Waals surface area contributed by atoms with Gasteiger partial charge in [0.05, 0.1) is 5.92 Å². The van der Waals surface area contributed by atoms with Crippen molar-refractivity contribution in [1.82, 2.24) is 9.80 Å². The Morgan fingerprint density at radius 3 is 2.72 bits per heavy atom. The molecular weight excluding hydrogens is 232 g/mol. The number of amides is 2. The zero-order valence-electron chi connectivity index (χ0n) is 11.6. The van der Waals surface area contributed by atoms with Crippen LogP contribution in [0.3, 0.4) is 0 Å². The van der Waals surface area contributed by atoms with E-state index in [9.17, 15) is 9.59 Å². The van der Waals surface area contributed by atoms with Crippen LogP contribution in [0.2, 0.25) is 0 Å². The summed E-state index contributed by atoms with van der Waals surface area (Å²) in [6, 6.07) is -0.0401. The number of likely N-dealkylation sites (tertiary alicyclic amines) is 1. The van der Waals surface area contributed by atoms with Gasteiger partial charge in [0, 0.05) is 26.7 Å². The van der Waals surface area contributed by atoms with Crippen molar-refractivity contribution in [3.8, 4) is 0 Å². The molecule has 1 saturated heterocycles. The van der Waals surface area contributed by atoms with Crippen molar-refractivity contribution in [2.75, 3.05) is 26.7 Å². The van der Waals surface area contributed by atoms with Crippen molar-refractivity contribution in [2.24, 2.45) is 11.8 Å². The average molecular weight is 256 g/mol. The lowest BCUT2D eigenvalue weighted by Gasteiger charge is -2.26. The van der Waals surface area contributed by atoms with Crippen molar-refractivity contribution < 1.29 is 14.7 Å². The second kappa shape index (κ2) is 6.61. The van der Waals surface area contributed by atoms with Gasteiger partial charge in [-0.3, -0.25) is 4.79 Å². The van der Waals surface area contributed by atoms with Gasteiger partial charge in [-0.25, -0.2) is 4.79 Å². The van der Waals surface area contributed by atoms with E-state index in [0.717, 1.165) is 25.9 Å². The molecule has 1 aliphatic heterocycles. The number of hydrogen-bond acceptors (Lipinski definition) is 2. The third-order valence-electron chi connectivity index (χ3n) is 3.55. The summed E-state index contributed by atoms with van der Waals surface area (Å²) in [6.07, 6.45) is 3.39. The first-order valence-electron chi connectivity index (χ1n) is 6.68. The number of rotatable bonds is 5. The molecule has 0 aromatic heterocycles. The molecule has 2 atom stereocenters. The van der Waals surface area contributed by atoms with Crippen LogP contribution in [0, 0.1) is 11.8 Å². The summed E-state index contributed by atoms with van der Waals surface area (Å²) >= 11 is 0. The molecule has 2 amide bonds. The fourth-order valence-corrected chi connectivity index (χ4v) is 2.46. The minimum atomic E-state index is -0.861. The molecule has 0 aromatic carbocycles. The fraction of sp³-hybridized carbons (Fsp3) is 0.846. The summed E-state index contributed by atoms with van der Waals surface area (Å²) in [4.78, 5) is 26.2. The number of carbonyl (C=O) groups is 2. The van der Waals surface area contributed by atoms with Crippen molar-refractivity contribution in [3.05, 3.63) is 0 Å². The second-order valence-corrected chi connectivity index (χ2v) is 5.29. The van der Waals surface area contributed by atoms with Gasteiger partial charge in [0.1, 0.15) is 0 Å². The monoisotopic (exact) mass is 256 g/mol. The lowest BCUT2D eigenvalue weighted by atomic mass is 10.0. The first kappa shape index (κ1) is 14.8. The topological polar surface area (TPSA) is 60.9 Å². The van der Waals surface area contributed by atoms with Crippen LogP contribution in [0.25, 0.3) is 0 Å². The van der Waals surface area contributed by atoms with Gasteiger partial charge >= 0.3 is 12.0 Å². The predicted octanol–water partition coefficient (Wildman–Crippen LogP) is 1.88. The Hall–Kier alpha value is -1.26. The molecule has 0 radical (unpaired) electrons. The molecule has 1 rings (SSSR count). The number of aliphatic carboxylic acids is 1. The first-order chi connectivity index (χ1) is 8.45. The number of carbonyl (C=O) groups excluding carboxylic acids is 1. The SMILES string of the molecule is CCCC1CCN(C(=O)N(C)CC(C)C(=O)O)C1. The summed E-state index contributed by atoms with van der Waals surface area (Å²) in [5, 5.41) is 8.84. The molecule has 1 N–H and O–H groups in total. The maximum Gasteiger partial charge on any atom is 0.319 e. The smallest absolute Gasteiger partial charge is 0.319 e. The Balaban J connectivity index is 2.42. The maximum absolute atomic E-state index is 12.1. The van der Waals surface area contributed by atoms with E-state index < -0.39 is 11.9 Å². The highest BCUT2D eigenvalue weighted by atomic mass is 16.4. The number of urea groups is 1. The minimum Gasteiger partial charge on any atom is -0.481 e. The lowest BCUT2D eigenvalue weighted by molar-refractivity contribution is -0.141. The van der Waals surface area contributed by atoms with E-state index in [4.69, 9.17) is 5.11 Å². The van der Waals surface area contributed by atoms with Gasteiger partial charge in [-0.15, -0.1) is 0 Å². The highest BCUT2D eigenvalue weighted by molar-refractivity contribution is 5.76. The molecule has 0 saturated carbocycles. The van der Waals surface area contributed by atoms with Gasteiger partial charge in [0.25, 0.3) is 0 Å². The fourth-order valence-electron chi connectivity index (χ4n) is 2.46. The van der Waals surface area contributed by atoms with Crippen molar-refractivity contribution >= 4 is 12.0 Å². The van der Waals surface area contributed by atoms with Crippen LogP contribution in [0.1, 0.15) is 33.1 Å². The van der Waals surface area contributed by atoms with E-state index in [0.29, 0.717) is 5.92 Å². The summed E-state index contributed by atoms with van der Waals surface area (Å²) in [5.41, 5.74) is 0. The molecule has 0 aromatic rings. The molecule has 1 heterocycles. The van der Waals surface area contributed by atoms with Crippen molar-refractivity contribution in [1.29, 1.82) is 0 Å². The van der Waals surface area contributed by atoms with Crippen LogP contribution >= 0.6 is 0 Å². The predicted molar refractivity (Wildman–Crippen MR) is 69.4 cm³/mol. The van der Waals surface area contributed by atoms with E-state index in [1.807, 2.05) is 4.90 Å². The maximum atomic E-state index is 12.1. The molecule has 5 nitrogen and oxygen atoms in total. The second-order valence-electron chi connectivity index (χ2n) is 5.29. The standard InChI is InChI=1S/C13H24N2O3/c1-4-5-11-6-7-15(9-11)13(18)14(3)8-10(2)12(16)17/h10-11H,4-9H2,1-3H3,(H,16,17). The number of carboxylic acid groups (broad SMARTS) is 1. The van der Waals surface area contributed by atoms with Crippen molar-refractivity contribution in [3.63, 3.8) is 0 Å². The third-order valence-corrected chi connectivity index (χ3v) is 3.55. The zero-order chi connectivity index (χ0) is 13.7. The Morgan fingerprint density at radius 1 is 1.50 bits per heavy atom. The quantitative estimate of drug-likeness (QED) is 0.817. The van der Waals surface area contributed by atoms with Crippen LogP contribution in [0.4, 0.5) is 4.79 Å². The highest BCUT2D eigenvalue weighted by Gasteiger charge is 2.28. The van der Waals surface area contributed by atoms with E-state index in [2.05, 4.69) is 6.92 Å². The van der Waals surface area contributed by atoms with Crippen LogP contribution in [0.15, 0.2) is 0 Å². The summed E-state index contributed by atoms with van der Waals surface area (Å²) in [7, 11) is 1.68. The lowest BCUT2D eigenvalue weighted by Crippen LogP contribution is -2.42. The van der Waals surface area contributed by atoms with E-state index in [1.165, 1.54) is 11.3 Å². The Kier molecular flexibility index (Phi) is 5.44. The zero-order valence-corrected chi connectivity index (χ0v) is 11.6. The van der Waals surface area contributed by atoms with Gasteiger partial charge in [0.2, 0.25) is 0 Å². The van der Waals surface area contributed by atoms with Crippen molar-refractivity contribution in [2.45, 2.75) is 33.1 Å². The highest BCUT2D eigenvalue weighted by Crippen LogP contribution is 2.21. The number of carboxylic acids is 1. The van der Waals surface area contributed by atoms with Crippen LogP contribution in [-0.2, 0) is 4.79 Å². The Bertz CT molecular complexity index is 307. The van der Waals surface area contributed by atoms with Gasteiger partial charge in [-0.2, -0.15) is 0 Å². The molecule has 1 aliphatic rings. The molecular formula is C13H24N2O3. The van der Waals surface area contributed by atoms with Gasteiger partial charge < -0.3 is 14.9 Å². The van der Waals surface area contributed by atoms with Crippen LogP contribution < -0.4 is 0 Å². The van der Waals surface area contributed by atoms with E-state index in [-0.39, 0.29) is 12.6 Å². The van der Waals surface area contributed by atoms with Crippen LogP contribution in [-0.4, -0.2) is 53.6 Å². The molecule has 0 spiro atoms. The van der Waals surface area contributed by atoms with Gasteiger partial charge in [-0.1, -0.05) is 20.3 Å². The third kappa shape index (κ3) is 3.89. The molecule has 0 aliphatic carbocycles. The van der Waals surface area contributed by atoms with Crippen LogP contribution in [0.5, 0.6) is 0 Å². The molecule has 104 valence electrons. The first-order valence-corrected chi connectivity index (χ1v) is 6.68. The molecule has 0 bridgehead atoms. The summed E-state index contributed by atoms with van der Waals surface area (Å²) < 4.78 is 0. The normalized spacial score (nSPS) is 20.8. The molecule has 2 unspecified atom stereocenters. The minimum absolute atomic E-state index is 0.0401. The summed E-state index contributed by atoms with van der Waals surface area (Å²) in [6.45, 7) is 5.66. The van der Waals surface area contributed by atoms with Gasteiger partial charge in [0.15, 0.2) is 0 Å². The number of nitrogens with zero attached hydrogens (tertiary/aromatic N) is 2. The molecule has 1 fully saturated rings. The van der Waals surface area contributed by atoms with Gasteiger partial charge in [-0.05, 0) is 18.8 Å². The summed E-state index contributed by atoms with van der Waals surface area (Å²) in [5.74, 6) is -0.767. The Morgan fingerprint density at radius 2 is 2.17 bits per heavy atom. The largest absolute Gasteiger partial charge is 0.481 e. The molecule has 5 heteroatoms.